The van der Waals surface area contributed by atoms with Crippen molar-refractivity contribution in [2.45, 2.75) is 27.7 Å². The minimum atomic E-state index is 1.11. The number of hydrogen-bond donors (Lipinski definition) is 0. The smallest absolute Gasteiger partial charge is 0.00458 e. The van der Waals surface area contributed by atoms with Gasteiger partial charge in [0.15, 0.2) is 0 Å². The molecule has 0 aromatic carbocycles. The van der Waals surface area contributed by atoms with Gasteiger partial charge in [0.2, 0.25) is 0 Å². The van der Waals surface area contributed by atoms with Crippen molar-refractivity contribution < 1.29 is 0 Å². The fraction of sp³-hybridized carbons (Fsp3) is 0.400. The summed E-state index contributed by atoms with van der Waals surface area (Å²) < 4.78 is 0. The molecule has 0 spiro atoms. The number of allylic oxidation sites excluding steroid dienone is 4. The zero-order chi connectivity index (χ0) is 8.85. The first kappa shape index (κ1) is 10.6. The minimum absolute atomic E-state index is 1.11. The molecule has 0 aliphatic heterocycles. The van der Waals surface area contributed by atoms with Gasteiger partial charge >= 0.3 is 0 Å². The molecule has 0 unspecified atom stereocenters. The molecule has 0 aliphatic carbocycles. The predicted molar refractivity (Wildman–Crippen MR) is 55.6 cm³/mol. The molecule has 1 heteroatoms. The molecule has 0 nitrogen and oxygen atoms in total. The zero-order valence-electron chi connectivity index (χ0n) is 7.77. The molecule has 0 fully saturated rings. The minimum Gasteiger partial charge on any atom is -0.0958 e. The summed E-state index contributed by atoms with van der Waals surface area (Å²) in [5, 5.41) is 0. The SMILES string of the molecule is C=C(C=C(C)C)S/C(C)=C\C. The van der Waals surface area contributed by atoms with Crippen molar-refractivity contribution in [3.63, 3.8) is 0 Å². The van der Waals surface area contributed by atoms with Crippen LogP contribution in [0, 0.1) is 0 Å². The molecule has 0 radical (unpaired) electrons. The van der Waals surface area contributed by atoms with Crippen molar-refractivity contribution in [3.8, 4) is 0 Å². The quantitative estimate of drug-likeness (QED) is 0.571. The van der Waals surface area contributed by atoms with E-state index in [1.54, 1.807) is 11.8 Å². The van der Waals surface area contributed by atoms with E-state index in [-0.39, 0.29) is 0 Å². The van der Waals surface area contributed by atoms with Crippen molar-refractivity contribution in [1.29, 1.82) is 0 Å². The van der Waals surface area contributed by atoms with Crippen LogP contribution in [0.25, 0.3) is 0 Å². The number of hydrogen-bond acceptors (Lipinski definition) is 1. The van der Waals surface area contributed by atoms with Gasteiger partial charge in [-0.15, -0.1) is 0 Å². The van der Waals surface area contributed by atoms with Crippen LogP contribution >= 0.6 is 11.8 Å². The molecular weight excluding hydrogens is 152 g/mol. The highest BCUT2D eigenvalue weighted by Crippen LogP contribution is 2.24. The molecule has 0 rings (SSSR count). The third-order valence-corrected chi connectivity index (χ3v) is 2.09. The van der Waals surface area contributed by atoms with Gasteiger partial charge in [-0.05, 0) is 32.6 Å². The van der Waals surface area contributed by atoms with Gasteiger partial charge in [0, 0.05) is 4.91 Å². The van der Waals surface area contributed by atoms with Crippen LogP contribution in [0.1, 0.15) is 27.7 Å². The van der Waals surface area contributed by atoms with Gasteiger partial charge in [-0.3, -0.25) is 0 Å². The zero-order valence-corrected chi connectivity index (χ0v) is 8.59. The number of rotatable bonds is 3. The van der Waals surface area contributed by atoms with Crippen molar-refractivity contribution in [2.75, 3.05) is 0 Å². The molecule has 0 amide bonds. The highest BCUT2D eigenvalue weighted by Gasteiger charge is 1.91. The van der Waals surface area contributed by atoms with E-state index in [0.717, 1.165) is 4.91 Å². The molecule has 0 saturated heterocycles. The lowest BCUT2D eigenvalue weighted by Gasteiger charge is -1.99. The Balaban J connectivity index is 4.00. The summed E-state index contributed by atoms with van der Waals surface area (Å²) >= 11 is 1.72. The van der Waals surface area contributed by atoms with Gasteiger partial charge in [-0.25, -0.2) is 0 Å². The average molecular weight is 168 g/mol. The van der Waals surface area contributed by atoms with Crippen LogP contribution in [0.3, 0.4) is 0 Å². The Labute approximate surface area is 74.1 Å². The normalized spacial score (nSPS) is 11.1. The lowest BCUT2D eigenvalue weighted by Crippen LogP contribution is -1.70. The molecule has 11 heavy (non-hydrogen) atoms. The number of thioether (sulfide) groups is 1. The molecule has 0 aromatic heterocycles. The summed E-state index contributed by atoms with van der Waals surface area (Å²) in [5.74, 6) is 0. The second-order valence-corrected chi connectivity index (χ2v) is 4.06. The summed E-state index contributed by atoms with van der Waals surface area (Å²) in [7, 11) is 0. The lowest BCUT2D eigenvalue weighted by molar-refractivity contribution is 1.39. The first-order valence-electron chi connectivity index (χ1n) is 3.71. The van der Waals surface area contributed by atoms with Crippen molar-refractivity contribution in [1.82, 2.24) is 0 Å². The van der Waals surface area contributed by atoms with Crippen LogP contribution in [0.4, 0.5) is 0 Å². The molecular formula is C10H16S. The molecule has 0 bridgehead atoms. The van der Waals surface area contributed by atoms with Gasteiger partial charge in [-0.1, -0.05) is 36.1 Å². The standard InChI is InChI=1S/C10H16S/c1-6-9(4)11-10(5)7-8(2)3/h6-7H,5H2,1-4H3/b9-6-. The van der Waals surface area contributed by atoms with Crippen LogP contribution < -0.4 is 0 Å². The molecule has 0 heterocycles. The van der Waals surface area contributed by atoms with Crippen LogP contribution in [0.15, 0.2) is 34.1 Å². The van der Waals surface area contributed by atoms with Crippen LogP contribution in [-0.2, 0) is 0 Å². The topological polar surface area (TPSA) is 0 Å². The Morgan fingerprint density at radius 3 is 2.18 bits per heavy atom. The van der Waals surface area contributed by atoms with Crippen molar-refractivity contribution >= 4 is 11.8 Å². The monoisotopic (exact) mass is 168 g/mol. The first-order chi connectivity index (χ1) is 5.06. The van der Waals surface area contributed by atoms with Crippen molar-refractivity contribution in [2.24, 2.45) is 0 Å². The van der Waals surface area contributed by atoms with Crippen LogP contribution in [0.5, 0.6) is 0 Å². The fourth-order valence-corrected chi connectivity index (χ4v) is 1.44. The van der Waals surface area contributed by atoms with E-state index < -0.39 is 0 Å². The highest BCUT2D eigenvalue weighted by molar-refractivity contribution is 8.06. The predicted octanol–water partition coefficient (Wildman–Crippen LogP) is 4.12. The maximum atomic E-state index is 3.93. The summed E-state index contributed by atoms with van der Waals surface area (Å²) in [6.07, 6.45) is 4.19. The first-order valence-corrected chi connectivity index (χ1v) is 4.52. The molecule has 0 saturated carbocycles. The van der Waals surface area contributed by atoms with E-state index >= 15 is 0 Å². The summed E-state index contributed by atoms with van der Waals surface area (Å²) in [5.41, 5.74) is 1.30. The van der Waals surface area contributed by atoms with E-state index in [1.807, 2.05) is 6.92 Å². The Morgan fingerprint density at radius 1 is 1.27 bits per heavy atom. The molecule has 0 N–H and O–H groups in total. The third kappa shape index (κ3) is 5.99. The van der Waals surface area contributed by atoms with E-state index in [1.165, 1.54) is 10.5 Å². The average Bonchev–Trinajstić information content (AvgIpc) is 1.85. The van der Waals surface area contributed by atoms with Crippen LogP contribution in [0.2, 0.25) is 0 Å². The summed E-state index contributed by atoms with van der Waals surface area (Å²) in [6, 6.07) is 0. The third-order valence-electron chi connectivity index (χ3n) is 1.15. The largest absolute Gasteiger partial charge is 0.0958 e. The summed E-state index contributed by atoms with van der Waals surface area (Å²) in [6.45, 7) is 12.2. The van der Waals surface area contributed by atoms with Gasteiger partial charge in [0.05, 0.1) is 0 Å². The maximum absolute atomic E-state index is 3.93. The van der Waals surface area contributed by atoms with Gasteiger partial charge in [0.1, 0.15) is 0 Å². The van der Waals surface area contributed by atoms with Crippen molar-refractivity contribution in [3.05, 3.63) is 34.1 Å². The van der Waals surface area contributed by atoms with Gasteiger partial charge < -0.3 is 0 Å². The van der Waals surface area contributed by atoms with Gasteiger partial charge in [-0.2, -0.15) is 0 Å². The van der Waals surface area contributed by atoms with E-state index in [0.29, 0.717) is 0 Å². The second-order valence-electron chi connectivity index (χ2n) is 2.69. The van der Waals surface area contributed by atoms with Crippen LogP contribution in [-0.4, -0.2) is 0 Å². The van der Waals surface area contributed by atoms with Gasteiger partial charge in [0.25, 0.3) is 0 Å². The highest BCUT2D eigenvalue weighted by atomic mass is 32.2. The van der Waals surface area contributed by atoms with E-state index in [4.69, 9.17) is 0 Å². The van der Waals surface area contributed by atoms with E-state index in [9.17, 15) is 0 Å². The second kappa shape index (κ2) is 5.25. The lowest BCUT2D eigenvalue weighted by atomic mass is 10.3. The Kier molecular flexibility index (Phi) is 5.05. The maximum Gasteiger partial charge on any atom is 0.00458 e. The van der Waals surface area contributed by atoms with E-state index in [2.05, 4.69) is 39.5 Å². The Bertz CT molecular complexity index is 193. The Hall–Kier alpha value is -0.430. The summed E-state index contributed by atoms with van der Waals surface area (Å²) in [4.78, 5) is 2.41. The molecule has 0 aliphatic rings. The molecule has 0 aromatic rings. The Morgan fingerprint density at radius 2 is 1.82 bits per heavy atom. The fourth-order valence-electron chi connectivity index (χ4n) is 0.617. The molecule has 0 atom stereocenters. The molecule has 62 valence electrons.